The minimum Gasteiger partial charge on any atom is -0.618 e. The summed E-state index contributed by atoms with van der Waals surface area (Å²) in [5, 5.41) is 14.2. The Morgan fingerprint density at radius 2 is 1.71 bits per heavy atom. The van der Waals surface area contributed by atoms with Crippen LogP contribution in [0, 0.1) is 5.21 Å². The largest absolute Gasteiger partial charge is 0.618 e. The molecule has 0 saturated heterocycles. The number of hydrogen-bond donors (Lipinski definition) is 0. The van der Waals surface area contributed by atoms with Crippen molar-refractivity contribution in [3.05, 3.63) is 77.3 Å². The number of rotatable bonds is 4. The summed E-state index contributed by atoms with van der Waals surface area (Å²) in [5.41, 5.74) is 2.02. The SMILES string of the molecule is COc1ccc(CCc2c3ccccc3cc[n+]2[O-])cc1. The van der Waals surface area contributed by atoms with Gasteiger partial charge in [-0.05, 0) is 35.6 Å². The molecule has 0 amide bonds. The molecule has 0 bridgehead atoms. The van der Waals surface area contributed by atoms with Gasteiger partial charge in [-0.3, -0.25) is 0 Å². The molecule has 0 fully saturated rings. The Morgan fingerprint density at radius 3 is 2.48 bits per heavy atom. The van der Waals surface area contributed by atoms with Crippen LogP contribution in [0.25, 0.3) is 10.8 Å². The highest BCUT2D eigenvalue weighted by Gasteiger charge is 2.11. The van der Waals surface area contributed by atoms with Crippen LogP contribution in [0.3, 0.4) is 0 Å². The van der Waals surface area contributed by atoms with Gasteiger partial charge in [0.1, 0.15) is 5.75 Å². The van der Waals surface area contributed by atoms with Crippen molar-refractivity contribution >= 4 is 10.8 Å². The van der Waals surface area contributed by atoms with Crippen molar-refractivity contribution in [1.29, 1.82) is 0 Å². The Bertz CT molecular complexity index is 751. The molecule has 1 heterocycles. The summed E-state index contributed by atoms with van der Waals surface area (Å²) in [6.07, 6.45) is 3.14. The first-order chi connectivity index (χ1) is 10.3. The monoisotopic (exact) mass is 279 g/mol. The fourth-order valence-electron chi connectivity index (χ4n) is 2.56. The van der Waals surface area contributed by atoms with Crippen LogP contribution in [0.4, 0.5) is 0 Å². The quantitative estimate of drug-likeness (QED) is 0.543. The number of ether oxygens (including phenoxy) is 1. The predicted octanol–water partition coefficient (Wildman–Crippen LogP) is 3.27. The molecule has 0 aliphatic carbocycles. The van der Waals surface area contributed by atoms with Crippen molar-refractivity contribution < 1.29 is 9.47 Å². The molecule has 106 valence electrons. The van der Waals surface area contributed by atoms with E-state index in [1.165, 1.54) is 5.56 Å². The second-order valence-corrected chi connectivity index (χ2v) is 5.02. The van der Waals surface area contributed by atoms with Crippen molar-refractivity contribution in [1.82, 2.24) is 0 Å². The minimum atomic E-state index is 0.719. The third kappa shape index (κ3) is 2.82. The first-order valence-corrected chi connectivity index (χ1v) is 7.00. The standard InChI is InChI=1S/C18H17NO2/c1-21-16-9-6-14(7-10-16)8-11-18-17-5-3-2-4-15(17)12-13-19(18)20/h2-7,9-10,12-13H,8,11H2,1H3. The molecular weight excluding hydrogens is 262 g/mol. The van der Waals surface area contributed by atoms with Crippen LogP contribution in [0.2, 0.25) is 0 Å². The molecule has 0 aliphatic heterocycles. The van der Waals surface area contributed by atoms with Gasteiger partial charge in [-0.1, -0.05) is 30.3 Å². The molecule has 21 heavy (non-hydrogen) atoms. The Hall–Kier alpha value is -2.55. The Labute approximate surface area is 124 Å². The predicted molar refractivity (Wildman–Crippen MR) is 83.3 cm³/mol. The van der Waals surface area contributed by atoms with Crippen molar-refractivity contribution in [2.45, 2.75) is 12.8 Å². The fraction of sp³-hybridized carbons (Fsp3) is 0.167. The van der Waals surface area contributed by atoms with Crippen molar-refractivity contribution in [2.75, 3.05) is 7.11 Å². The Morgan fingerprint density at radius 1 is 0.952 bits per heavy atom. The summed E-state index contributed by atoms with van der Waals surface area (Å²) in [5.74, 6) is 0.850. The van der Waals surface area contributed by atoms with Gasteiger partial charge in [-0.15, -0.1) is 0 Å². The topological polar surface area (TPSA) is 36.2 Å². The van der Waals surface area contributed by atoms with Gasteiger partial charge in [-0.2, -0.15) is 4.73 Å². The second-order valence-electron chi connectivity index (χ2n) is 5.02. The van der Waals surface area contributed by atoms with Crippen molar-refractivity contribution in [3.8, 4) is 5.75 Å². The van der Waals surface area contributed by atoms with Crippen molar-refractivity contribution in [3.63, 3.8) is 0 Å². The average molecular weight is 279 g/mol. The Balaban J connectivity index is 1.85. The number of aromatic nitrogens is 1. The molecule has 0 spiro atoms. The number of benzene rings is 2. The summed E-state index contributed by atoms with van der Waals surface area (Å²) in [6.45, 7) is 0. The van der Waals surface area contributed by atoms with Gasteiger partial charge in [0.15, 0.2) is 6.20 Å². The van der Waals surface area contributed by atoms with Gasteiger partial charge in [0, 0.05) is 12.5 Å². The van der Waals surface area contributed by atoms with E-state index in [-0.39, 0.29) is 0 Å². The summed E-state index contributed by atoms with van der Waals surface area (Å²) in [6, 6.07) is 17.8. The number of pyridine rings is 1. The molecule has 0 saturated carbocycles. The molecule has 0 unspecified atom stereocenters. The highest BCUT2D eigenvalue weighted by atomic mass is 16.5. The lowest BCUT2D eigenvalue weighted by Gasteiger charge is -2.08. The summed E-state index contributed by atoms with van der Waals surface area (Å²) >= 11 is 0. The minimum absolute atomic E-state index is 0.719. The second kappa shape index (κ2) is 5.83. The van der Waals surface area contributed by atoms with Crippen LogP contribution in [-0.4, -0.2) is 7.11 Å². The summed E-state index contributed by atoms with van der Waals surface area (Å²) in [4.78, 5) is 0. The van der Waals surface area contributed by atoms with E-state index in [4.69, 9.17) is 4.74 Å². The van der Waals surface area contributed by atoms with Gasteiger partial charge in [0.2, 0.25) is 5.69 Å². The van der Waals surface area contributed by atoms with Gasteiger partial charge < -0.3 is 9.94 Å². The zero-order chi connectivity index (χ0) is 14.7. The first-order valence-electron chi connectivity index (χ1n) is 7.00. The molecule has 1 aromatic heterocycles. The maximum Gasteiger partial charge on any atom is 0.200 e. The molecule has 0 atom stereocenters. The molecule has 3 aromatic rings. The number of methoxy groups -OCH3 is 1. The molecular formula is C18H17NO2. The molecule has 0 aliphatic rings. The zero-order valence-corrected chi connectivity index (χ0v) is 12.0. The zero-order valence-electron chi connectivity index (χ0n) is 12.0. The van der Waals surface area contributed by atoms with E-state index in [1.54, 1.807) is 13.3 Å². The molecule has 3 rings (SSSR count). The number of hydrogen-bond acceptors (Lipinski definition) is 2. The number of aryl methyl sites for hydroxylation is 2. The van der Waals surface area contributed by atoms with E-state index >= 15 is 0 Å². The van der Waals surface area contributed by atoms with E-state index in [2.05, 4.69) is 0 Å². The fourth-order valence-corrected chi connectivity index (χ4v) is 2.56. The molecule has 3 heteroatoms. The lowest BCUT2D eigenvalue weighted by molar-refractivity contribution is -0.612. The highest BCUT2D eigenvalue weighted by Crippen LogP contribution is 2.18. The normalized spacial score (nSPS) is 10.7. The van der Waals surface area contributed by atoms with Crippen LogP contribution in [-0.2, 0) is 12.8 Å². The summed E-state index contributed by atoms with van der Waals surface area (Å²) < 4.78 is 6.13. The van der Waals surface area contributed by atoms with Gasteiger partial charge in [0.05, 0.1) is 12.5 Å². The van der Waals surface area contributed by atoms with Crippen LogP contribution in [0.15, 0.2) is 60.8 Å². The van der Waals surface area contributed by atoms with Crippen LogP contribution in [0.5, 0.6) is 5.75 Å². The highest BCUT2D eigenvalue weighted by molar-refractivity contribution is 5.83. The maximum absolute atomic E-state index is 12.1. The van der Waals surface area contributed by atoms with Crippen LogP contribution in [0.1, 0.15) is 11.3 Å². The van der Waals surface area contributed by atoms with E-state index in [0.717, 1.165) is 39.8 Å². The van der Waals surface area contributed by atoms with E-state index in [1.807, 2.05) is 54.6 Å². The third-order valence-corrected chi connectivity index (χ3v) is 3.74. The van der Waals surface area contributed by atoms with Crippen molar-refractivity contribution in [2.24, 2.45) is 0 Å². The van der Waals surface area contributed by atoms with Gasteiger partial charge >= 0.3 is 0 Å². The number of nitrogens with zero attached hydrogens (tertiary/aromatic N) is 1. The van der Waals surface area contributed by atoms with Gasteiger partial charge in [-0.25, -0.2) is 0 Å². The van der Waals surface area contributed by atoms with Gasteiger partial charge in [0.25, 0.3) is 0 Å². The lowest BCUT2D eigenvalue weighted by atomic mass is 10.0. The number of fused-ring (bicyclic) bond motifs is 1. The van der Waals surface area contributed by atoms with E-state index in [9.17, 15) is 5.21 Å². The van der Waals surface area contributed by atoms with E-state index < -0.39 is 0 Å². The third-order valence-electron chi connectivity index (χ3n) is 3.74. The van der Waals surface area contributed by atoms with Crippen LogP contribution < -0.4 is 9.47 Å². The average Bonchev–Trinajstić information content (AvgIpc) is 2.54. The summed E-state index contributed by atoms with van der Waals surface area (Å²) in [7, 11) is 1.66. The van der Waals surface area contributed by atoms with E-state index in [0.29, 0.717) is 0 Å². The molecule has 0 N–H and O–H groups in total. The molecule has 2 aromatic carbocycles. The first kappa shape index (κ1) is 13.4. The lowest BCUT2D eigenvalue weighted by Crippen LogP contribution is -2.31. The molecule has 3 nitrogen and oxygen atoms in total. The Kier molecular flexibility index (Phi) is 3.73. The maximum atomic E-state index is 12.1. The molecule has 0 radical (unpaired) electrons. The smallest absolute Gasteiger partial charge is 0.200 e. The van der Waals surface area contributed by atoms with Crippen LogP contribution >= 0.6 is 0 Å².